The maximum atomic E-state index is 11.4. The highest BCUT2D eigenvalue weighted by atomic mass is 32.2. The van der Waals surface area contributed by atoms with E-state index in [4.69, 9.17) is 4.74 Å². The molecule has 208 valence electrons. The third-order valence-corrected chi connectivity index (χ3v) is 8.14. The number of anilines is 1. The van der Waals surface area contributed by atoms with Gasteiger partial charge in [0.25, 0.3) is 0 Å². The molecule has 39 heavy (non-hydrogen) atoms. The van der Waals surface area contributed by atoms with E-state index < -0.39 is 0 Å². The molecule has 0 atom stereocenters. The Morgan fingerprint density at radius 2 is 1.77 bits per heavy atom. The minimum atomic E-state index is 0.166. The zero-order chi connectivity index (χ0) is 27.8. The number of carbonyl (C=O) groups is 1. The molecule has 1 aromatic heterocycles. The fraction of sp³-hybridized carbons (Fsp3) is 0.438. The van der Waals surface area contributed by atoms with Crippen LogP contribution >= 0.6 is 11.8 Å². The molecule has 0 aliphatic carbocycles. The Morgan fingerprint density at radius 3 is 2.56 bits per heavy atom. The summed E-state index contributed by atoms with van der Waals surface area (Å²) in [7, 11) is 8.98. The first-order chi connectivity index (χ1) is 18.7. The predicted molar refractivity (Wildman–Crippen MR) is 164 cm³/mol. The second kappa shape index (κ2) is 13.5. The van der Waals surface area contributed by atoms with Gasteiger partial charge in [-0.15, -0.1) is 0 Å². The molecule has 4 rings (SSSR count). The Morgan fingerprint density at radius 1 is 1.03 bits per heavy atom. The lowest BCUT2D eigenvalue weighted by Crippen LogP contribution is -2.44. The summed E-state index contributed by atoms with van der Waals surface area (Å²) < 4.78 is 9.77. The van der Waals surface area contributed by atoms with Crippen molar-refractivity contribution in [1.29, 1.82) is 0 Å². The van der Waals surface area contributed by atoms with E-state index >= 15 is 0 Å². The maximum absolute atomic E-state index is 11.4. The predicted octanol–water partition coefficient (Wildman–Crippen LogP) is 5.41. The molecule has 0 radical (unpaired) electrons. The van der Waals surface area contributed by atoms with Gasteiger partial charge in [0, 0.05) is 50.4 Å². The number of nitrogens with zero attached hydrogens (tertiary/aromatic N) is 4. The lowest BCUT2D eigenvalue weighted by molar-refractivity contribution is -0.892. The molecule has 0 bridgehead atoms. The SMILES string of the molecule is CC(=O)SCCCN1/C(=C/c2cc[n+](CCC[N+](C)(C)CCCN(C)C)c3ccccc23)Oc2ccccc21. The van der Waals surface area contributed by atoms with Gasteiger partial charge in [-0.2, -0.15) is 4.57 Å². The summed E-state index contributed by atoms with van der Waals surface area (Å²) in [6.07, 6.45) is 7.64. The van der Waals surface area contributed by atoms with E-state index in [9.17, 15) is 4.79 Å². The number of rotatable bonds is 13. The smallest absolute Gasteiger partial charge is 0.213 e. The number of benzene rings is 2. The Balaban J connectivity index is 1.51. The molecule has 2 heterocycles. The van der Waals surface area contributed by atoms with Crippen molar-refractivity contribution in [2.24, 2.45) is 0 Å². The van der Waals surface area contributed by atoms with Gasteiger partial charge in [-0.1, -0.05) is 36.0 Å². The summed E-state index contributed by atoms with van der Waals surface area (Å²) in [5.41, 5.74) is 3.47. The molecule has 1 aliphatic rings. The van der Waals surface area contributed by atoms with E-state index in [1.54, 1.807) is 6.92 Å². The van der Waals surface area contributed by atoms with Crippen LogP contribution in [0.25, 0.3) is 17.0 Å². The number of carbonyl (C=O) groups excluding carboxylic acids is 1. The highest BCUT2D eigenvalue weighted by molar-refractivity contribution is 8.13. The number of aryl methyl sites for hydroxylation is 1. The molecule has 0 fully saturated rings. The van der Waals surface area contributed by atoms with E-state index in [2.05, 4.69) is 91.2 Å². The number of pyridine rings is 1. The third kappa shape index (κ3) is 8.07. The first kappa shape index (κ1) is 29.1. The van der Waals surface area contributed by atoms with Gasteiger partial charge in [-0.3, -0.25) is 4.79 Å². The van der Waals surface area contributed by atoms with Crippen molar-refractivity contribution in [3.63, 3.8) is 0 Å². The van der Waals surface area contributed by atoms with Crippen molar-refractivity contribution in [3.8, 4) is 5.75 Å². The van der Waals surface area contributed by atoms with Gasteiger partial charge < -0.3 is 19.0 Å². The molecule has 3 aromatic rings. The zero-order valence-electron chi connectivity index (χ0n) is 24.2. The molecule has 2 aromatic carbocycles. The Hall–Kier alpha value is -2.87. The largest absolute Gasteiger partial charge is 0.439 e. The average molecular weight is 549 g/mol. The highest BCUT2D eigenvalue weighted by Gasteiger charge is 2.26. The fourth-order valence-corrected chi connectivity index (χ4v) is 5.75. The molecule has 0 spiro atoms. The number of fused-ring (bicyclic) bond motifs is 2. The molecular formula is C32H44N4O2S+2. The van der Waals surface area contributed by atoms with Crippen LogP contribution in [0.3, 0.4) is 0 Å². The standard InChI is InChI=1S/C32H44N4O2S/c1-26(37)39-24-12-20-35-30-15-8-9-16-31(30)38-32(35)25-27-17-21-34(29-14-7-6-13-28(27)29)19-11-23-36(4,5)22-10-18-33(2)3/h6-9,13-17,21,25H,10-12,18-20,22-24H2,1-5H3/q+2. The van der Waals surface area contributed by atoms with Crippen molar-refractivity contribution in [2.45, 2.75) is 32.7 Å². The van der Waals surface area contributed by atoms with Gasteiger partial charge in [0.2, 0.25) is 11.4 Å². The van der Waals surface area contributed by atoms with Gasteiger partial charge in [0.05, 0.1) is 44.7 Å². The van der Waals surface area contributed by atoms with Crippen molar-refractivity contribution >= 4 is 39.5 Å². The third-order valence-electron chi connectivity index (χ3n) is 7.24. The molecule has 0 saturated carbocycles. The van der Waals surface area contributed by atoms with Crippen molar-refractivity contribution in [3.05, 3.63) is 72.2 Å². The van der Waals surface area contributed by atoms with Crippen molar-refractivity contribution < 1.29 is 18.6 Å². The fourth-order valence-electron chi connectivity index (χ4n) is 5.19. The average Bonchev–Trinajstić information content (AvgIpc) is 3.24. The van der Waals surface area contributed by atoms with Gasteiger partial charge >= 0.3 is 0 Å². The summed E-state index contributed by atoms with van der Waals surface area (Å²) in [6.45, 7) is 6.92. The van der Waals surface area contributed by atoms with Crippen LogP contribution in [-0.2, 0) is 11.3 Å². The highest BCUT2D eigenvalue weighted by Crippen LogP contribution is 2.39. The van der Waals surface area contributed by atoms with Crippen LogP contribution in [0, 0.1) is 0 Å². The van der Waals surface area contributed by atoms with Crippen LogP contribution < -0.4 is 14.2 Å². The number of ether oxygens (including phenoxy) is 1. The number of hydrogen-bond donors (Lipinski definition) is 0. The van der Waals surface area contributed by atoms with Gasteiger partial charge in [0.15, 0.2) is 23.6 Å². The molecule has 7 heteroatoms. The number of quaternary nitrogens is 1. The van der Waals surface area contributed by atoms with E-state index in [1.165, 1.54) is 35.6 Å². The second-order valence-electron chi connectivity index (χ2n) is 11.3. The monoisotopic (exact) mass is 548 g/mol. The summed E-state index contributed by atoms with van der Waals surface area (Å²) in [6, 6.07) is 19.0. The van der Waals surface area contributed by atoms with Crippen LogP contribution in [0.4, 0.5) is 5.69 Å². The van der Waals surface area contributed by atoms with Crippen molar-refractivity contribution in [2.75, 3.05) is 65.0 Å². The lowest BCUT2D eigenvalue weighted by atomic mass is 10.1. The molecule has 0 unspecified atom stereocenters. The van der Waals surface area contributed by atoms with E-state index in [0.29, 0.717) is 0 Å². The zero-order valence-corrected chi connectivity index (χ0v) is 25.0. The quantitative estimate of drug-likeness (QED) is 0.162. The van der Waals surface area contributed by atoms with Crippen LogP contribution in [0.1, 0.15) is 31.7 Å². The van der Waals surface area contributed by atoms with Crippen LogP contribution in [-0.4, -0.2) is 74.6 Å². The lowest BCUT2D eigenvalue weighted by Gasteiger charge is -2.30. The summed E-state index contributed by atoms with van der Waals surface area (Å²) in [5.74, 6) is 2.52. The maximum Gasteiger partial charge on any atom is 0.213 e. The summed E-state index contributed by atoms with van der Waals surface area (Å²) >= 11 is 1.39. The Kier molecular flexibility index (Phi) is 10.1. The van der Waals surface area contributed by atoms with Gasteiger partial charge in [-0.25, -0.2) is 0 Å². The van der Waals surface area contributed by atoms with Crippen molar-refractivity contribution in [1.82, 2.24) is 4.90 Å². The Labute approximate surface area is 238 Å². The Bertz CT molecular complexity index is 1300. The number of aromatic nitrogens is 1. The summed E-state index contributed by atoms with van der Waals surface area (Å²) in [5, 5.41) is 1.39. The number of hydrogen-bond acceptors (Lipinski definition) is 5. The van der Waals surface area contributed by atoms with Gasteiger partial charge in [-0.05, 0) is 44.3 Å². The first-order valence-corrected chi connectivity index (χ1v) is 15.0. The number of para-hydroxylation sites is 3. The van der Waals surface area contributed by atoms with Crippen LogP contribution in [0.2, 0.25) is 0 Å². The molecule has 0 amide bonds. The molecule has 6 nitrogen and oxygen atoms in total. The van der Waals surface area contributed by atoms with Gasteiger partial charge in [0.1, 0.15) is 0 Å². The van der Waals surface area contributed by atoms with E-state index in [-0.39, 0.29) is 5.12 Å². The minimum absolute atomic E-state index is 0.166. The minimum Gasteiger partial charge on any atom is -0.439 e. The molecule has 0 saturated heterocycles. The molecule has 1 aliphatic heterocycles. The van der Waals surface area contributed by atoms with Crippen LogP contribution in [0.5, 0.6) is 5.75 Å². The normalized spacial score (nSPS) is 14.3. The number of thioether (sulfide) groups is 1. The molecule has 0 N–H and O–H groups in total. The van der Waals surface area contributed by atoms with E-state index in [1.807, 2.05) is 18.2 Å². The molecular weight excluding hydrogens is 504 g/mol. The summed E-state index contributed by atoms with van der Waals surface area (Å²) in [4.78, 5) is 15.9. The second-order valence-corrected chi connectivity index (χ2v) is 12.5. The van der Waals surface area contributed by atoms with Crippen LogP contribution in [0.15, 0.2) is 66.7 Å². The van der Waals surface area contributed by atoms with E-state index in [0.717, 1.165) is 72.1 Å². The first-order valence-electron chi connectivity index (χ1n) is 14.0. The topological polar surface area (TPSA) is 36.7 Å².